The van der Waals surface area contributed by atoms with Gasteiger partial charge in [0, 0.05) is 39.8 Å². The lowest BCUT2D eigenvalue weighted by atomic mass is 10.0. The number of hydrogen-bond donors (Lipinski definition) is 3. The molecule has 0 saturated carbocycles. The summed E-state index contributed by atoms with van der Waals surface area (Å²) in [6.07, 6.45) is 8.59. The molecular weight excluding hydrogens is 683 g/mol. The van der Waals surface area contributed by atoms with Crippen LogP contribution in [0.4, 0.5) is 5.69 Å². The minimum absolute atomic E-state index is 0.655. The molecule has 0 radical (unpaired) electrons. The molecule has 5 heteroatoms. The zero-order valence-electron chi connectivity index (χ0n) is 30.6. The third kappa shape index (κ3) is 6.21. The van der Waals surface area contributed by atoms with Crippen LogP contribution < -0.4 is 5.32 Å². The summed E-state index contributed by atoms with van der Waals surface area (Å²) in [6.45, 7) is 0.655. The monoisotopic (exact) mass is 719 g/mol. The van der Waals surface area contributed by atoms with E-state index < -0.39 is 0 Å². The van der Waals surface area contributed by atoms with Gasteiger partial charge in [0.15, 0.2) is 0 Å². The Morgan fingerprint density at radius 1 is 0.375 bits per heavy atom. The number of fused-ring (bicyclic) bond motifs is 8. The smallest absolute Gasteiger partial charge is 0.0738 e. The van der Waals surface area contributed by atoms with Crippen molar-refractivity contribution < 1.29 is 0 Å². The molecule has 266 valence electrons. The Hall–Kier alpha value is -7.50. The highest BCUT2D eigenvalue weighted by atomic mass is 14.9. The van der Waals surface area contributed by atoms with Crippen LogP contribution in [-0.4, -0.2) is 19.9 Å². The van der Waals surface area contributed by atoms with Crippen molar-refractivity contribution in [3.05, 3.63) is 198 Å². The van der Waals surface area contributed by atoms with E-state index >= 15 is 0 Å². The number of nitrogens with zero attached hydrogens (tertiary/aromatic N) is 2. The summed E-state index contributed by atoms with van der Waals surface area (Å²) in [5.41, 5.74) is 18.0. The number of anilines is 1. The molecule has 56 heavy (non-hydrogen) atoms. The van der Waals surface area contributed by atoms with Crippen LogP contribution in [-0.2, 0) is 6.54 Å². The van der Waals surface area contributed by atoms with Crippen molar-refractivity contribution in [1.82, 2.24) is 19.9 Å². The molecule has 0 fully saturated rings. The molecular formula is C51H37N5. The van der Waals surface area contributed by atoms with Crippen LogP contribution in [0.25, 0.3) is 90.9 Å². The standard InChI is InChI=1S/C51H37N5/c1-6-16-34(17-7-1)33-52-46-32-45-49(37-22-12-4-13-23-37)43-29-28-41(54-43)47(35-18-8-2-9-19-35)39-26-27-40(53-39)48(36-20-10-3-11-21-36)42-30-31-44(55-42)50(51(46)56-45)38-24-14-5-15-25-38/h1-32,52-53,56H,33H2. The van der Waals surface area contributed by atoms with Gasteiger partial charge in [-0.2, -0.15) is 0 Å². The molecule has 2 aliphatic rings. The molecule has 3 N–H and O–H groups in total. The fourth-order valence-electron chi connectivity index (χ4n) is 7.85. The van der Waals surface area contributed by atoms with Crippen molar-refractivity contribution in [2.24, 2.45) is 0 Å². The number of benzene rings is 5. The van der Waals surface area contributed by atoms with Crippen LogP contribution in [0, 0.1) is 0 Å². The summed E-state index contributed by atoms with van der Waals surface area (Å²) in [5, 5.41) is 3.82. The number of aromatic amines is 2. The molecule has 0 saturated heterocycles. The van der Waals surface area contributed by atoms with Gasteiger partial charge in [0.1, 0.15) is 0 Å². The normalized spacial score (nSPS) is 11.9. The van der Waals surface area contributed by atoms with Gasteiger partial charge in [0.25, 0.3) is 0 Å². The molecule has 10 rings (SSSR count). The molecule has 0 amide bonds. The Kier molecular flexibility index (Phi) is 8.50. The Morgan fingerprint density at radius 3 is 1.20 bits per heavy atom. The average molecular weight is 720 g/mol. The van der Waals surface area contributed by atoms with E-state index in [0.29, 0.717) is 6.54 Å². The third-order valence-corrected chi connectivity index (χ3v) is 10.4. The first-order valence-electron chi connectivity index (χ1n) is 19.0. The molecule has 8 bridgehead atoms. The topological polar surface area (TPSA) is 69.4 Å². The molecule has 0 spiro atoms. The molecule has 0 atom stereocenters. The lowest BCUT2D eigenvalue weighted by Gasteiger charge is -2.09. The number of aromatic nitrogens is 4. The second-order valence-electron chi connectivity index (χ2n) is 14.0. The van der Waals surface area contributed by atoms with Crippen molar-refractivity contribution in [2.75, 3.05) is 5.32 Å². The summed E-state index contributed by atoms with van der Waals surface area (Å²) >= 11 is 0. The minimum Gasteiger partial charge on any atom is -0.379 e. The van der Waals surface area contributed by atoms with Crippen LogP contribution in [0.15, 0.2) is 170 Å². The van der Waals surface area contributed by atoms with E-state index in [-0.39, 0.29) is 0 Å². The largest absolute Gasteiger partial charge is 0.379 e. The first kappa shape index (κ1) is 33.1. The molecule has 0 unspecified atom stereocenters. The first-order chi connectivity index (χ1) is 27.8. The minimum atomic E-state index is 0.655. The van der Waals surface area contributed by atoms with E-state index in [9.17, 15) is 0 Å². The van der Waals surface area contributed by atoms with Crippen LogP contribution in [0.3, 0.4) is 0 Å². The van der Waals surface area contributed by atoms with Gasteiger partial charge in [-0.25, -0.2) is 9.97 Å². The maximum absolute atomic E-state index is 5.48. The molecule has 5 nitrogen and oxygen atoms in total. The second-order valence-corrected chi connectivity index (χ2v) is 14.0. The van der Waals surface area contributed by atoms with Crippen molar-refractivity contribution in [3.63, 3.8) is 0 Å². The van der Waals surface area contributed by atoms with Gasteiger partial charge in [-0.3, -0.25) is 0 Å². The zero-order chi connectivity index (χ0) is 37.3. The first-order valence-corrected chi connectivity index (χ1v) is 19.0. The Morgan fingerprint density at radius 2 is 0.750 bits per heavy atom. The van der Waals surface area contributed by atoms with E-state index in [1.165, 1.54) is 5.56 Å². The van der Waals surface area contributed by atoms with Crippen LogP contribution in [0.5, 0.6) is 0 Å². The number of rotatable bonds is 7. The molecule has 5 heterocycles. The molecule has 2 aliphatic heterocycles. The van der Waals surface area contributed by atoms with Crippen LogP contribution in [0.2, 0.25) is 0 Å². The zero-order valence-corrected chi connectivity index (χ0v) is 30.6. The molecule has 5 aromatic carbocycles. The summed E-state index contributed by atoms with van der Waals surface area (Å²) in [6, 6.07) is 59.3. The average Bonchev–Trinajstić information content (AvgIpc) is 4.10. The highest BCUT2D eigenvalue weighted by molar-refractivity contribution is 6.03. The van der Waals surface area contributed by atoms with E-state index in [4.69, 9.17) is 9.97 Å². The quantitative estimate of drug-likeness (QED) is 0.154. The number of nitrogens with one attached hydrogen (secondary N) is 3. The Labute approximate surface area is 325 Å². The van der Waals surface area contributed by atoms with Crippen molar-refractivity contribution in [2.45, 2.75) is 6.54 Å². The predicted molar refractivity (Wildman–Crippen MR) is 234 cm³/mol. The van der Waals surface area contributed by atoms with Crippen molar-refractivity contribution >= 4 is 52.1 Å². The van der Waals surface area contributed by atoms with E-state index in [1.807, 2.05) is 0 Å². The van der Waals surface area contributed by atoms with Gasteiger partial charge in [-0.15, -0.1) is 0 Å². The second kappa shape index (κ2) is 14.4. The summed E-state index contributed by atoms with van der Waals surface area (Å²) in [5.74, 6) is 0. The molecule has 3 aromatic heterocycles. The van der Waals surface area contributed by atoms with Gasteiger partial charge >= 0.3 is 0 Å². The van der Waals surface area contributed by atoms with Crippen molar-refractivity contribution in [1.29, 1.82) is 0 Å². The lowest BCUT2D eigenvalue weighted by Crippen LogP contribution is -1.99. The third-order valence-electron chi connectivity index (χ3n) is 10.4. The van der Waals surface area contributed by atoms with Crippen LogP contribution in [0.1, 0.15) is 28.3 Å². The van der Waals surface area contributed by atoms with Gasteiger partial charge in [0.05, 0.1) is 39.5 Å². The van der Waals surface area contributed by atoms with E-state index in [1.54, 1.807) is 0 Å². The SMILES string of the molecule is C1=Cc2nc1c(-c1ccccc1)c1ccc([nH]1)c(-c1ccccc1)c1nc(c(-c3ccccc3)c3[nH]c(cc3NCc3ccccc3)c2-c2ccccc2)C=C1. The van der Waals surface area contributed by atoms with E-state index in [0.717, 1.165) is 95.0 Å². The Bertz CT molecular complexity index is 2930. The fraction of sp³-hybridized carbons (Fsp3) is 0.0196. The Balaban J connectivity index is 1.39. The number of H-pyrrole nitrogens is 2. The summed E-state index contributed by atoms with van der Waals surface area (Å²) in [7, 11) is 0. The van der Waals surface area contributed by atoms with Gasteiger partial charge < -0.3 is 15.3 Å². The highest BCUT2D eigenvalue weighted by Gasteiger charge is 2.20. The predicted octanol–water partition coefficient (Wildman–Crippen LogP) is 12.9. The van der Waals surface area contributed by atoms with Gasteiger partial charge in [0.2, 0.25) is 0 Å². The van der Waals surface area contributed by atoms with Gasteiger partial charge in [-0.05, 0) is 70.3 Å². The van der Waals surface area contributed by atoms with Crippen molar-refractivity contribution in [3.8, 4) is 44.5 Å². The molecule has 8 aromatic rings. The van der Waals surface area contributed by atoms with E-state index in [2.05, 4.69) is 209 Å². The number of hydrogen-bond acceptors (Lipinski definition) is 3. The fourth-order valence-corrected chi connectivity index (χ4v) is 7.85. The van der Waals surface area contributed by atoms with Gasteiger partial charge in [-0.1, -0.05) is 152 Å². The maximum Gasteiger partial charge on any atom is 0.0738 e. The highest BCUT2D eigenvalue weighted by Crippen LogP contribution is 2.40. The maximum atomic E-state index is 5.48. The lowest BCUT2D eigenvalue weighted by molar-refractivity contribution is 1.16. The summed E-state index contributed by atoms with van der Waals surface area (Å²) < 4.78 is 0. The molecule has 0 aliphatic carbocycles. The van der Waals surface area contributed by atoms with Crippen LogP contribution >= 0.6 is 0 Å². The summed E-state index contributed by atoms with van der Waals surface area (Å²) in [4.78, 5) is 18.7.